The normalized spacial score (nSPS) is 16.7. The molecule has 2 rings (SSSR count). The second-order valence-corrected chi connectivity index (χ2v) is 6.76. The highest BCUT2D eigenvalue weighted by Crippen LogP contribution is 2.38. The molecule has 1 aromatic carbocycles. The summed E-state index contributed by atoms with van der Waals surface area (Å²) < 4.78 is 27.2. The SMILES string of the molecule is CCNc1cccc(S(=O)(=O)NC2(C)CC2)c1[N+](=O)[O-]. The van der Waals surface area contributed by atoms with Gasteiger partial charge in [0.05, 0.1) is 4.92 Å². The van der Waals surface area contributed by atoms with Crippen LogP contribution in [0, 0.1) is 10.1 Å². The van der Waals surface area contributed by atoms with Gasteiger partial charge < -0.3 is 5.32 Å². The average molecular weight is 299 g/mol. The van der Waals surface area contributed by atoms with Gasteiger partial charge in [-0.1, -0.05) is 6.07 Å². The molecule has 1 aromatic rings. The molecule has 8 heteroatoms. The van der Waals surface area contributed by atoms with Crippen molar-refractivity contribution >= 4 is 21.4 Å². The van der Waals surface area contributed by atoms with Crippen LogP contribution < -0.4 is 10.0 Å². The zero-order chi connectivity index (χ0) is 15.0. The summed E-state index contributed by atoms with van der Waals surface area (Å²) in [5, 5.41) is 14.0. The van der Waals surface area contributed by atoms with E-state index in [-0.39, 0.29) is 10.6 Å². The Hall–Kier alpha value is -1.67. The summed E-state index contributed by atoms with van der Waals surface area (Å²) >= 11 is 0. The molecule has 20 heavy (non-hydrogen) atoms. The minimum absolute atomic E-state index is 0.210. The van der Waals surface area contributed by atoms with Gasteiger partial charge in [0, 0.05) is 12.1 Å². The largest absolute Gasteiger partial charge is 0.380 e. The van der Waals surface area contributed by atoms with E-state index in [1.54, 1.807) is 13.8 Å². The lowest BCUT2D eigenvalue weighted by atomic mass is 10.2. The summed E-state index contributed by atoms with van der Waals surface area (Å²) in [6.07, 6.45) is 1.49. The van der Waals surface area contributed by atoms with Crippen molar-refractivity contribution < 1.29 is 13.3 Å². The molecule has 0 saturated heterocycles. The van der Waals surface area contributed by atoms with Gasteiger partial charge >= 0.3 is 5.69 Å². The van der Waals surface area contributed by atoms with E-state index in [0.29, 0.717) is 6.54 Å². The highest BCUT2D eigenvalue weighted by molar-refractivity contribution is 7.89. The molecule has 0 heterocycles. The maximum Gasteiger partial charge on any atom is 0.312 e. The molecular weight excluding hydrogens is 282 g/mol. The molecule has 0 unspecified atom stereocenters. The van der Waals surface area contributed by atoms with Crippen LogP contribution in [0.3, 0.4) is 0 Å². The van der Waals surface area contributed by atoms with E-state index in [1.807, 2.05) is 0 Å². The first-order valence-electron chi connectivity index (χ1n) is 6.34. The molecule has 0 aliphatic heterocycles. The number of rotatable bonds is 6. The van der Waals surface area contributed by atoms with E-state index in [0.717, 1.165) is 12.8 Å². The molecule has 0 aromatic heterocycles. The van der Waals surface area contributed by atoms with E-state index < -0.39 is 26.2 Å². The van der Waals surface area contributed by atoms with Gasteiger partial charge in [-0.3, -0.25) is 10.1 Å². The fraction of sp³-hybridized carbons (Fsp3) is 0.500. The Balaban J connectivity index is 2.50. The van der Waals surface area contributed by atoms with E-state index in [9.17, 15) is 18.5 Å². The number of nitro groups is 1. The second-order valence-electron chi connectivity index (χ2n) is 5.11. The molecule has 0 amide bonds. The smallest absolute Gasteiger partial charge is 0.312 e. The zero-order valence-corrected chi connectivity index (χ0v) is 12.2. The van der Waals surface area contributed by atoms with Crippen molar-refractivity contribution in [1.29, 1.82) is 0 Å². The minimum Gasteiger partial charge on any atom is -0.380 e. The van der Waals surface area contributed by atoms with Crippen LogP contribution in [0.25, 0.3) is 0 Å². The first-order chi connectivity index (χ1) is 9.29. The predicted molar refractivity (Wildman–Crippen MR) is 75.2 cm³/mol. The average Bonchev–Trinajstić information content (AvgIpc) is 3.05. The third-order valence-electron chi connectivity index (χ3n) is 3.22. The monoisotopic (exact) mass is 299 g/mol. The number of nitrogens with one attached hydrogen (secondary N) is 2. The van der Waals surface area contributed by atoms with Crippen molar-refractivity contribution in [1.82, 2.24) is 4.72 Å². The van der Waals surface area contributed by atoms with Crippen LogP contribution in [-0.4, -0.2) is 25.4 Å². The maximum atomic E-state index is 12.3. The lowest BCUT2D eigenvalue weighted by Gasteiger charge is -2.13. The van der Waals surface area contributed by atoms with Crippen molar-refractivity contribution in [2.75, 3.05) is 11.9 Å². The summed E-state index contributed by atoms with van der Waals surface area (Å²) in [6, 6.07) is 4.25. The Kier molecular flexibility index (Phi) is 3.70. The molecule has 0 spiro atoms. The molecule has 1 aliphatic carbocycles. The fourth-order valence-electron chi connectivity index (χ4n) is 1.93. The maximum absolute atomic E-state index is 12.3. The van der Waals surface area contributed by atoms with E-state index in [1.165, 1.54) is 18.2 Å². The number of nitrogens with zero attached hydrogens (tertiary/aromatic N) is 1. The summed E-state index contributed by atoms with van der Waals surface area (Å²) in [4.78, 5) is 10.3. The number of sulfonamides is 1. The van der Waals surface area contributed by atoms with E-state index >= 15 is 0 Å². The van der Waals surface area contributed by atoms with Crippen molar-refractivity contribution in [3.63, 3.8) is 0 Å². The van der Waals surface area contributed by atoms with Gasteiger partial charge in [0.25, 0.3) is 0 Å². The first-order valence-corrected chi connectivity index (χ1v) is 7.83. The number of benzene rings is 1. The van der Waals surface area contributed by atoms with Gasteiger partial charge in [-0.25, -0.2) is 13.1 Å². The predicted octanol–water partition coefficient (Wildman–Crippen LogP) is 1.86. The van der Waals surface area contributed by atoms with E-state index in [4.69, 9.17) is 0 Å². The number of anilines is 1. The Bertz CT molecular complexity index is 638. The molecule has 1 fully saturated rings. The summed E-state index contributed by atoms with van der Waals surface area (Å²) in [6.45, 7) is 4.04. The Labute approximate surface area is 117 Å². The summed E-state index contributed by atoms with van der Waals surface area (Å²) in [7, 11) is -3.90. The molecular formula is C12H17N3O4S. The molecule has 0 radical (unpaired) electrons. The lowest BCUT2D eigenvalue weighted by Crippen LogP contribution is -2.34. The van der Waals surface area contributed by atoms with Crippen LogP contribution in [-0.2, 0) is 10.0 Å². The van der Waals surface area contributed by atoms with Crippen LogP contribution >= 0.6 is 0 Å². The van der Waals surface area contributed by atoms with Gasteiger partial charge in [-0.15, -0.1) is 0 Å². The third-order valence-corrected chi connectivity index (χ3v) is 4.89. The Morgan fingerprint density at radius 2 is 2.05 bits per heavy atom. The van der Waals surface area contributed by atoms with Crippen LogP contribution in [0.4, 0.5) is 11.4 Å². The molecule has 2 N–H and O–H groups in total. The van der Waals surface area contributed by atoms with Crippen LogP contribution in [0.1, 0.15) is 26.7 Å². The van der Waals surface area contributed by atoms with Crippen LogP contribution in [0.5, 0.6) is 0 Å². The quantitative estimate of drug-likeness (QED) is 0.616. The standard InChI is InChI=1S/C12H17N3O4S/c1-3-13-9-5-4-6-10(11(9)15(16)17)20(18,19)14-12(2)7-8-12/h4-6,13-14H,3,7-8H2,1-2H3. The van der Waals surface area contributed by atoms with Gasteiger partial charge in [-0.05, 0) is 38.8 Å². The molecule has 7 nitrogen and oxygen atoms in total. The Morgan fingerprint density at radius 1 is 1.40 bits per heavy atom. The van der Waals surface area contributed by atoms with Gasteiger partial charge in [0.15, 0.2) is 4.90 Å². The highest BCUT2D eigenvalue weighted by Gasteiger charge is 2.43. The van der Waals surface area contributed by atoms with Crippen molar-refractivity contribution in [3.05, 3.63) is 28.3 Å². The van der Waals surface area contributed by atoms with Crippen molar-refractivity contribution in [3.8, 4) is 0 Å². The van der Waals surface area contributed by atoms with Crippen molar-refractivity contribution in [2.24, 2.45) is 0 Å². The number of nitro benzene ring substituents is 1. The molecule has 0 atom stereocenters. The fourth-order valence-corrected chi connectivity index (χ4v) is 3.59. The molecule has 110 valence electrons. The summed E-state index contributed by atoms with van der Waals surface area (Å²) in [5.74, 6) is 0. The van der Waals surface area contributed by atoms with Crippen molar-refractivity contribution in [2.45, 2.75) is 37.1 Å². The zero-order valence-electron chi connectivity index (χ0n) is 11.3. The Morgan fingerprint density at radius 3 is 2.55 bits per heavy atom. The number of hydrogen-bond acceptors (Lipinski definition) is 5. The first kappa shape index (κ1) is 14.7. The second kappa shape index (κ2) is 5.02. The van der Waals surface area contributed by atoms with Crippen LogP contribution in [0.15, 0.2) is 23.1 Å². The molecule has 1 saturated carbocycles. The topological polar surface area (TPSA) is 101 Å². The molecule has 0 bridgehead atoms. The van der Waals surface area contributed by atoms with Gasteiger partial charge in [0.1, 0.15) is 5.69 Å². The van der Waals surface area contributed by atoms with E-state index in [2.05, 4.69) is 10.0 Å². The highest BCUT2D eigenvalue weighted by atomic mass is 32.2. The number of para-hydroxylation sites is 1. The van der Waals surface area contributed by atoms with Gasteiger partial charge in [-0.2, -0.15) is 0 Å². The summed E-state index contributed by atoms with van der Waals surface area (Å²) in [5.41, 5.74) is -0.673. The molecule has 1 aliphatic rings. The number of hydrogen-bond donors (Lipinski definition) is 2. The lowest BCUT2D eigenvalue weighted by molar-refractivity contribution is -0.386. The van der Waals surface area contributed by atoms with Gasteiger partial charge in [0.2, 0.25) is 10.0 Å². The minimum atomic E-state index is -3.90. The van der Waals surface area contributed by atoms with Crippen LogP contribution in [0.2, 0.25) is 0 Å². The third kappa shape index (κ3) is 2.91.